The quantitative estimate of drug-likeness (QED) is 0.776. The summed E-state index contributed by atoms with van der Waals surface area (Å²) in [5.74, 6) is 0. The maximum atomic E-state index is 11.4. The lowest BCUT2D eigenvalue weighted by Gasteiger charge is -2.10. The summed E-state index contributed by atoms with van der Waals surface area (Å²) in [4.78, 5) is 19.2. The second-order valence-electron chi connectivity index (χ2n) is 3.94. The van der Waals surface area contributed by atoms with Crippen molar-refractivity contribution in [3.8, 4) is 6.07 Å². The fourth-order valence-corrected chi connectivity index (χ4v) is 1.73. The summed E-state index contributed by atoms with van der Waals surface area (Å²) in [5, 5.41) is 9.13. The Hall–Kier alpha value is -2.24. The maximum absolute atomic E-state index is 11.4. The molecule has 1 saturated heterocycles. The largest absolute Gasteiger partial charge is 0.448 e. The predicted octanol–water partition coefficient (Wildman–Crippen LogP) is 0.394. The van der Waals surface area contributed by atoms with Crippen molar-refractivity contribution in [3.63, 3.8) is 0 Å². The lowest BCUT2D eigenvalue weighted by molar-refractivity contribution is -0.0478. The van der Waals surface area contributed by atoms with Crippen molar-refractivity contribution in [1.29, 1.82) is 5.26 Å². The molecular formula is C12H14N4O4. The van der Waals surface area contributed by atoms with Crippen LogP contribution in [0.4, 0.5) is 4.79 Å². The normalized spacial score (nSPS) is 16.1. The van der Waals surface area contributed by atoms with E-state index in [9.17, 15) is 4.79 Å². The highest BCUT2D eigenvalue weighted by atomic mass is 16.7. The van der Waals surface area contributed by atoms with Gasteiger partial charge < -0.3 is 18.8 Å². The molecule has 1 fully saturated rings. The second kappa shape index (κ2) is 6.27. The van der Waals surface area contributed by atoms with Crippen LogP contribution >= 0.6 is 0 Å². The van der Waals surface area contributed by atoms with Gasteiger partial charge in [0.2, 0.25) is 6.29 Å². The summed E-state index contributed by atoms with van der Waals surface area (Å²) in [6.07, 6.45) is 0.252. The number of aromatic nitrogens is 2. The van der Waals surface area contributed by atoms with Crippen molar-refractivity contribution in [1.82, 2.24) is 9.55 Å². The number of nitrogens with zero attached hydrogens (tertiary/aromatic N) is 4. The first-order valence-electron chi connectivity index (χ1n) is 6.08. The molecule has 0 aliphatic carbocycles. The molecule has 1 aromatic rings. The van der Waals surface area contributed by atoms with Gasteiger partial charge in [-0.15, -0.1) is 0 Å². The summed E-state index contributed by atoms with van der Waals surface area (Å²) in [5.41, 5.74) is 0.606. The smallest absolute Gasteiger partial charge is 0.435 e. The molecule has 2 rings (SSSR count). The Labute approximate surface area is 115 Å². The molecule has 8 nitrogen and oxygen atoms in total. The lowest BCUT2D eigenvalue weighted by atomic mass is 10.4. The minimum atomic E-state index is -0.762. The first-order chi connectivity index (χ1) is 9.65. The molecule has 1 aromatic heterocycles. The van der Waals surface area contributed by atoms with E-state index in [1.54, 1.807) is 20.2 Å². The average Bonchev–Trinajstić information content (AvgIpc) is 2.95. The van der Waals surface area contributed by atoms with Crippen LogP contribution < -0.4 is 5.49 Å². The van der Waals surface area contributed by atoms with Gasteiger partial charge in [-0.05, 0) is 6.92 Å². The molecule has 0 N–H and O–H groups in total. The van der Waals surface area contributed by atoms with E-state index in [0.717, 1.165) is 0 Å². The fraction of sp³-hybridized carbons (Fsp3) is 0.500. The molecule has 0 aromatic carbocycles. The Morgan fingerprint density at radius 2 is 2.35 bits per heavy atom. The Morgan fingerprint density at radius 3 is 2.95 bits per heavy atom. The average molecular weight is 278 g/mol. The van der Waals surface area contributed by atoms with Gasteiger partial charge in [0.15, 0.2) is 11.2 Å². The van der Waals surface area contributed by atoms with Gasteiger partial charge in [0.1, 0.15) is 11.8 Å². The van der Waals surface area contributed by atoms with Crippen molar-refractivity contribution in [2.45, 2.75) is 13.2 Å². The number of amides is 1. The van der Waals surface area contributed by atoms with Gasteiger partial charge in [-0.2, -0.15) is 10.3 Å². The highest BCUT2D eigenvalue weighted by Crippen LogP contribution is 2.20. The third kappa shape index (κ3) is 3.01. The second-order valence-corrected chi connectivity index (χ2v) is 3.94. The molecule has 0 atom stereocenters. The zero-order valence-corrected chi connectivity index (χ0v) is 11.2. The number of ether oxygens (including phenoxy) is 3. The Balaban J connectivity index is 2.43. The number of carbonyl (C=O) groups is 1. The van der Waals surface area contributed by atoms with Crippen LogP contribution in [-0.2, 0) is 21.3 Å². The van der Waals surface area contributed by atoms with Crippen LogP contribution in [0.5, 0.6) is 0 Å². The molecule has 0 radical (unpaired) electrons. The molecule has 8 heteroatoms. The van der Waals surface area contributed by atoms with E-state index in [4.69, 9.17) is 19.5 Å². The number of nitriles is 1. The summed E-state index contributed by atoms with van der Waals surface area (Å²) in [7, 11) is 1.65. The molecule has 1 amide bonds. The van der Waals surface area contributed by atoms with E-state index in [2.05, 4.69) is 9.98 Å². The van der Waals surface area contributed by atoms with Crippen molar-refractivity contribution >= 4 is 6.09 Å². The fourth-order valence-electron chi connectivity index (χ4n) is 1.73. The van der Waals surface area contributed by atoms with Crippen LogP contribution in [0, 0.1) is 11.3 Å². The number of hydrogen-bond donors (Lipinski definition) is 0. The van der Waals surface area contributed by atoms with E-state index in [0.29, 0.717) is 18.9 Å². The SMILES string of the molecule is CCOC(=O)N=c1c(C#N)nc(C2OCCO2)cn1C. The lowest BCUT2D eigenvalue weighted by Crippen LogP contribution is -2.26. The summed E-state index contributed by atoms with van der Waals surface area (Å²) in [6, 6.07) is 1.90. The van der Waals surface area contributed by atoms with Crippen LogP contribution in [0.2, 0.25) is 0 Å². The van der Waals surface area contributed by atoms with Gasteiger partial charge in [0, 0.05) is 13.2 Å². The van der Waals surface area contributed by atoms with Crippen molar-refractivity contribution in [3.05, 3.63) is 23.1 Å². The summed E-state index contributed by atoms with van der Waals surface area (Å²) < 4.78 is 16.9. The van der Waals surface area contributed by atoms with E-state index in [1.165, 1.54) is 4.57 Å². The Bertz CT molecular complexity index is 611. The van der Waals surface area contributed by atoms with E-state index >= 15 is 0 Å². The minimum absolute atomic E-state index is 0.0113. The number of hydrogen-bond acceptors (Lipinski definition) is 6. The molecule has 0 saturated carbocycles. The molecular weight excluding hydrogens is 264 g/mol. The molecule has 2 heterocycles. The number of rotatable bonds is 2. The summed E-state index contributed by atoms with van der Waals surface area (Å²) in [6.45, 7) is 2.84. The molecule has 0 spiro atoms. The molecule has 106 valence electrons. The zero-order chi connectivity index (χ0) is 14.5. The van der Waals surface area contributed by atoms with Crippen LogP contribution in [0.3, 0.4) is 0 Å². The number of carbonyl (C=O) groups excluding carboxylic acids is 1. The predicted molar refractivity (Wildman–Crippen MR) is 65.2 cm³/mol. The highest BCUT2D eigenvalue weighted by Gasteiger charge is 2.21. The standard InChI is InChI=1S/C12H14N4O4/c1-3-18-12(17)15-10-8(6-13)14-9(7-16(10)2)11-19-4-5-20-11/h7,11H,3-5H2,1-2H3. The van der Waals surface area contributed by atoms with Gasteiger partial charge in [-0.1, -0.05) is 0 Å². The van der Waals surface area contributed by atoms with Gasteiger partial charge in [0.25, 0.3) is 0 Å². The summed E-state index contributed by atoms with van der Waals surface area (Å²) >= 11 is 0. The van der Waals surface area contributed by atoms with Crippen molar-refractivity contribution in [2.24, 2.45) is 12.0 Å². The van der Waals surface area contributed by atoms with Gasteiger partial charge in [-0.3, -0.25) is 0 Å². The minimum Gasteiger partial charge on any atom is -0.448 e. The van der Waals surface area contributed by atoms with E-state index in [-0.39, 0.29) is 17.8 Å². The monoisotopic (exact) mass is 278 g/mol. The topological polar surface area (TPSA) is 98.7 Å². The number of aryl methyl sites for hydroxylation is 1. The van der Waals surface area contributed by atoms with Gasteiger partial charge in [-0.25, -0.2) is 9.78 Å². The van der Waals surface area contributed by atoms with Crippen LogP contribution in [0.25, 0.3) is 0 Å². The van der Waals surface area contributed by atoms with Crippen LogP contribution in [0.1, 0.15) is 24.6 Å². The zero-order valence-electron chi connectivity index (χ0n) is 11.2. The third-order valence-corrected chi connectivity index (χ3v) is 2.55. The molecule has 0 unspecified atom stereocenters. The maximum Gasteiger partial charge on any atom is 0.435 e. The first-order valence-corrected chi connectivity index (χ1v) is 6.08. The van der Waals surface area contributed by atoms with Crippen molar-refractivity contribution in [2.75, 3.05) is 19.8 Å². The van der Waals surface area contributed by atoms with E-state index < -0.39 is 12.4 Å². The molecule has 20 heavy (non-hydrogen) atoms. The highest BCUT2D eigenvalue weighted by molar-refractivity contribution is 5.68. The third-order valence-electron chi connectivity index (χ3n) is 2.55. The van der Waals surface area contributed by atoms with Gasteiger partial charge in [0.05, 0.1) is 19.8 Å². The molecule has 0 bridgehead atoms. The van der Waals surface area contributed by atoms with Gasteiger partial charge >= 0.3 is 6.09 Å². The Morgan fingerprint density at radius 1 is 1.65 bits per heavy atom. The Kier molecular flexibility index (Phi) is 4.45. The van der Waals surface area contributed by atoms with Crippen molar-refractivity contribution < 1.29 is 19.0 Å². The van der Waals surface area contributed by atoms with Crippen LogP contribution in [-0.4, -0.2) is 35.5 Å². The first kappa shape index (κ1) is 14.2. The molecule has 1 aliphatic heterocycles. The van der Waals surface area contributed by atoms with E-state index in [1.807, 2.05) is 6.07 Å². The molecule has 1 aliphatic rings. The van der Waals surface area contributed by atoms with Crippen LogP contribution in [0.15, 0.2) is 11.2 Å².